The number of amides is 1. The van der Waals surface area contributed by atoms with E-state index in [1.807, 2.05) is 54.6 Å². The van der Waals surface area contributed by atoms with Crippen molar-refractivity contribution in [2.75, 3.05) is 13.1 Å². The number of nitrogens with zero attached hydrogens (tertiary/aromatic N) is 3. The molecule has 4 rings (SSSR count). The molecule has 120 valence electrons. The fourth-order valence-corrected chi connectivity index (χ4v) is 3.11. The minimum Gasteiger partial charge on any atom is -0.339 e. The molecule has 6 heteroatoms. The average molecular weight is 384 g/mol. The topological polar surface area (TPSA) is 59.2 Å². The number of aromatic nitrogens is 2. The molecule has 1 aliphatic heterocycles. The molecule has 1 aliphatic rings. The van der Waals surface area contributed by atoms with Gasteiger partial charge in [-0.25, -0.2) is 0 Å². The van der Waals surface area contributed by atoms with Gasteiger partial charge in [-0.05, 0) is 18.2 Å². The Bertz CT molecular complexity index is 873. The summed E-state index contributed by atoms with van der Waals surface area (Å²) < 4.78 is 6.27. The van der Waals surface area contributed by atoms with Gasteiger partial charge in [-0.2, -0.15) is 4.98 Å². The predicted molar refractivity (Wildman–Crippen MR) is 92.5 cm³/mol. The lowest BCUT2D eigenvalue weighted by molar-refractivity contribution is 0.0569. The summed E-state index contributed by atoms with van der Waals surface area (Å²) in [6.45, 7) is 1.20. The Morgan fingerprint density at radius 1 is 1.12 bits per heavy atom. The second-order valence-corrected chi connectivity index (χ2v) is 6.66. The zero-order chi connectivity index (χ0) is 16.5. The lowest BCUT2D eigenvalue weighted by Crippen LogP contribution is -2.48. The van der Waals surface area contributed by atoms with Gasteiger partial charge in [0.15, 0.2) is 0 Å². The molecule has 1 amide bonds. The summed E-state index contributed by atoms with van der Waals surface area (Å²) in [5.74, 6) is 1.30. The first-order chi connectivity index (χ1) is 11.7. The number of carbonyl (C=O) groups excluding carboxylic acids is 1. The van der Waals surface area contributed by atoms with E-state index in [2.05, 4.69) is 26.1 Å². The molecule has 1 aromatic heterocycles. The molecular formula is C18H14BrN3O2. The lowest BCUT2D eigenvalue weighted by atomic mass is 9.99. The van der Waals surface area contributed by atoms with E-state index in [4.69, 9.17) is 4.52 Å². The molecule has 0 bridgehead atoms. The van der Waals surface area contributed by atoms with Crippen molar-refractivity contribution in [3.05, 3.63) is 70.5 Å². The van der Waals surface area contributed by atoms with Crippen LogP contribution in [-0.2, 0) is 0 Å². The Morgan fingerprint density at radius 2 is 1.92 bits per heavy atom. The van der Waals surface area contributed by atoms with Crippen LogP contribution in [0.2, 0.25) is 0 Å². The van der Waals surface area contributed by atoms with Gasteiger partial charge in [0.2, 0.25) is 11.7 Å². The number of hydrogen-bond donors (Lipinski definition) is 0. The maximum absolute atomic E-state index is 12.4. The van der Waals surface area contributed by atoms with Crippen LogP contribution in [0.15, 0.2) is 63.6 Å². The molecule has 0 aliphatic carbocycles. The minimum absolute atomic E-state index is 0.0235. The molecular weight excluding hydrogens is 370 g/mol. The molecule has 0 N–H and O–H groups in total. The van der Waals surface area contributed by atoms with E-state index in [1.165, 1.54) is 0 Å². The van der Waals surface area contributed by atoms with Crippen LogP contribution >= 0.6 is 15.9 Å². The quantitative estimate of drug-likeness (QED) is 0.691. The highest BCUT2D eigenvalue weighted by Gasteiger charge is 2.36. The van der Waals surface area contributed by atoms with Crippen molar-refractivity contribution in [1.29, 1.82) is 0 Å². The molecule has 5 nitrogen and oxygen atoms in total. The van der Waals surface area contributed by atoms with Crippen molar-refractivity contribution < 1.29 is 9.32 Å². The van der Waals surface area contributed by atoms with E-state index >= 15 is 0 Å². The van der Waals surface area contributed by atoms with E-state index < -0.39 is 0 Å². The van der Waals surface area contributed by atoms with E-state index in [0.29, 0.717) is 30.4 Å². The zero-order valence-corrected chi connectivity index (χ0v) is 14.3. The van der Waals surface area contributed by atoms with Gasteiger partial charge < -0.3 is 9.42 Å². The maximum Gasteiger partial charge on any atom is 0.253 e. The summed E-state index contributed by atoms with van der Waals surface area (Å²) in [6, 6.07) is 17.1. The Kier molecular flexibility index (Phi) is 3.90. The van der Waals surface area contributed by atoms with Crippen LogP contribution in [0.3, 0.4) is 0 Å². The van der Waals surface area contributed by atoms with Gasteiger partial charge in [0.05, 0.1) is 5.92 Å². The molecule has 3 aromatic rings. The SMILES string of the molecule is O=C(c1cccc(Br)c1)N1CC(c2nc(-c3ccccc3)no2)C1. The fraction of sp³-hybridized carbons (Fsp3) is 0.167. The van der Waals surface area contributed by atoms with Crippen LogP contribution in [0.25, 0.3) is 11.4 Å². The highest BCUT2D eigenvalue weighted by atomic mass is 79.9. The third kappa shape index (κ3) is 2.85. The fourth-order valence-electron chi connectivity index (χ4n) is 2.71. The molecule has 1 fully saturated rings. The first kappa shape index (κ1) is 15.1. The third-order valence-corrected chi connectivity index (χ3v) is 4.56. The highest BCUT2D eigenvalue weighted by molar-refractivity contribution is 9.10. The Labute approximate surface area is 147 Å². The minimum atomic E-state index is 0.0235. The van der Waals surface area contributed by atoms with Gasteiger partial charge in [0.25, 0.3) is 5.91 Å². The van der Waals surface area contributed by atoms with Crippen molar-refractivity contribution in [3.8, 4) is 11.4 Å². The van der Waals surface area contributed by atoms with E-state index in [-0.39, 0.29) is 11.8 Å². The summed E-state index contributed by atoms with van der Waals surface area (Å²) >= 11 is 3.39. The van der Waals surface area contributed by atoms with E-state index in [0.717, 1.165) is 10.0 Å². The smallest absolute Gasteiger partial charge is 0.253 e. The van der Waals surface area contributed by atoms with Crippen molar-refractivity contribution in [2.45, 2.75) is 5.92 Å². The molecule has 0 unspecified atom stereocenters. The summed E-state index contributed by atoms with van der Waals surface area (Å²) in [4.78, 5) is 18.7. The van der Waals surface area contributed by atoms with Crippen LogP contribution in [0.5, 0.6) is 0 Å². The van der Waals surface area contributed by atoms with Gasteiger partial charge in [-0.15, -0.1) is 0 Å². The standard InChI is InChI=1S/C18H14BrN3O2/c19-15-8-4-7-13(9-15)18(23)22-10-14(11-22)17-20-16(21-24-17)12-5-2-1-3-6-12/h1-9,14H,10-11H2. The first-order valence-corrected chi connectivity index (χ1v) is 8.44. The normalized spacial score (nSPS) is 14.5. The van der Waals surface area contributed by atoms with Crippen molar-refractivity contribution in [2.24, 2.45) is 0 Å². The van der Waals surface area contributed by atoms with E-state index in [1.54, 1.807) is 4.90 Å². The summed E-state index contributed by atoms with van der Waals surface area (Å²) in [5, 5.41) is 4.03. The number of benzene rings is 2. The van der Waals surface area contributed by atoms with Crippen LogP contribution < -0.4 is 0 Å². The zero-order valence-electron chi connectivity index (χ0n) is 12.7. The maximum atomic E-state index is 12.4. The second kappa shape index (κ2) is 6.20. The Balaban J connectivity index is 1.43. The molecule has 0 radical (unpaired) electrons. The average Bonchev–Trinajstić information content (AvgIpc) is 3.04. The largest absolute Gasteiger partial charge is 0.339 e. The number of hydrogen-bond acceptors (Lipinski definition) is 4. The van der Waals surface area contributed by atoms with Gasteiger partial charge in [-0.1, -0.05) is 57.5 Å². The predicted octanol–water partition coefficient (Wildman–Crippen LogP) is 3.74. The molecule has 1 saturated heterocycles. The first-order valence-electron chi connectivity index (χ1n) is 7.64. The number of carbonyl (C=O) groups is 1. The van der Waals surface area contributed by atoms with Gasteiger partial charge >= 0.3 is 0 Å². The van der Waals surface area contributed by atoms with Crippen LogP contribution in [0.1, 0.15) is 22.2 Å². The van der Waals surface area contributed by atoms with Crippen molar-refractivity contribution in [3.63, 3.8) is 0 Å². The number of halogens is 1. The molecule has 0 atom stereocenters. The molecule has 2 heterocycles. The highest BCUT2D eigenvalue weighted by Crippen LogP contribution is 2.29. The Hall–Kier alpha value is -2.47. The number of likely N-dealkylation sites (tertiary alicyclic amines) is 1. The molecule has 2 aromatic carbocycles. The Morgan fingerprint density at radius 3 is 2.67 bits per heavy atom. The van der Waals surface area contributed by atoms with Gasteiger partial charge in [-0.3, -0.25) is 4.79 Å². The monoisotopic (exact) mass is 383 g/mol. The van der Waals surface area contributed by atoms with E-state index in [9.17, 15) is 4.79 Å². The van der Waals surface area contributed by atoms with Crippen LogP contribution in [-0.4, -0.2) is 34.0 Å². The van der Waals surface area contributed by atoms with Crippen LogP contribution in [0, 0.1) is 0 Å². The molecule has 0 spiro atoms. The van der Waals surface area contributed by atoms with Crippen molar-refractivity contribution >= 4 is 21.8 Å². The van der Waals surface area contributed by atoms with Gasteiger partial charge in [0, 0.05) is 28.7 Å². The molecule has 24 heavy (non-hydrogen) atoms. The second-order valence-electron chi connectivity index (χ2n) is 5.74. The summed E-state index contributed by atoms with van der Waals surface area (Å²) in [6.07, 6.45) is 0. The van der Waals surface area contributed by atoms with Gasteiger partial charge in [0.1, 0.15) is 0 Å². The van der Waals surface area contributed by atoms with Crippen molar-refractivity contribution in [1.82, 2.24) is 15.0 Å². The number of rotatable bonds is 3. The summed E-state index contributed by atoms with van der Waals surface area (Å²) in [5.41, 5.74) is 1.60. The summed E-state index contributed by atoms with van der Waals surface area (Å²) in [7, 11) is 0. The lowest BCUT2D eigenvalue weighted by Gasteiger charge is -2.37. The van der Waals surface area contributed by atoms with Crippen LogP contribution in [0.4, 0.5) is 0 Å². The third-order valence-electron chi connectivity index (χ3n) is 4.06. The molecule has 0 saturated carbocycles.